The Morgan fingerprint density at radius 2 is 1.21 bits per heavy atom. The highest BCUT2D eigenvalue weighted by Gasteiger charge is 2.19. The lowest BCUT2D eigenvalue weighted by Gasteiger charge is -2.30. The Morgan fingerprint density at radius 1 is 0.769 bits per heavy atom. The van der Waals surface area contributed by atoms with Gasteiger partial charge in [0, 0.05) is 38.0 Å². The summed E-state index contributed by atoms with van der Waals surface area (Å²) in [6.45, 7) is 8.72. The fraction of sp³-hybridized carbons (Fsp3) is 0.533. The van der Waals surface area contributed by atoms with Crippen LogP contribution in [-0.2, 0) is 22.4 Å². The molecular formula is C30H44N2O7. The van der Waals surface area contributed by atoms with Crippen molar-refractivity contribution in [2.45, 2.75) is 77.7 Å². The Balaban J connectivity index is 1.74. The van der Waals surface area contributed by atoms with Gasteiger partial charge in [-0.05, 0) is 75.9 Å². The van der Waals surface area contributed by atoms with Gasteiger partial charge in [0.2, 0.25) is 5.91 Å². The van der Waals surface area contributed by atoms with Crippen molar-refractivity contribution in [2.75, 3.05) is 26.3 Å². The van der Waals surface area contributed by atoms with E-state index in [1.807, 2.05) is 69.0 Å². The van der Waals surface area contributed by atoms with Crippen molar-refractivity contribution < 1.29 is 34.4 Å². The molecule has 0 spiro atoms. The lowest BCUT2D eigenvalue weighted by molar-refractivity contribution is -0.137. The molecular weight excluding hydrogens is 500 g/mol. The number of hydrogen-bond acceptors (Lipinski definition) is 7. The Hall–Kier alpha value is -3.14. The third kappa shape index (κ3) is 13.5. The highest BCUT2D eigenvalue weighted by molar-refractivity contribution is 5.76. The lowest BCUT2D eigenvalue weighted by Crippen LogP contribution is -2.45. The van der Waals surface area contributed by atoms with E-state index in [4.69, 9.17) is 14.6 Å². The third-order valence-electron chi connectivity index (χ3n) is 6.07. The van der Waals surface area contributed by atoms with E-state index in [2.05, 4.69) is 5.32 Å². The van der Waals surface area contributed by atoms with Gasteiger partial charge in [0.05, 0.1) is 0 Å². The van der Waals surface area contributed by atoms with E-state index in [-0.39, 0.29) is 37.6 Å². The van der Waals surface area contributed by atoms with E-state index in [1.165, 1.54) is 0 Å². The number of rotatable bonds is 18. The molecule has 2 aromatic rings. The topological polar surface area (TPSA) is 129 Å². The Labute approximate surface area is 231 Å². The monoisotopic (exact) mass is 544 g/mol. The number of nitrogens with zero attached hydrogens (tertiary/aromatic N) is 1. The molecule has 4 N–H and O–H groups in total. The van der Waals surface area contributed by atoms with Gasteiger partial charge in [-0.1, -0.05) is 24.3 Å². The number of aryl methyl sites for hydroxylation is 2. The summed E-state index contributed by atoms with van der Waals surface area (Å²) in [4.78, 5) is 24.5. The molecule has 9 nitrogen and oxygen atoms in total. The molecule has 0 saturated carbocycles. The van der Waals surface area contributed by atoms with Crippen LogP contribution in [0.2, 0.25) is 0 Å². The number of hydrogen-bond donors (Lipinski definition) is 4. The fourth-order valence-electron chi connectivity index (χ4n) is 3.94. The Kier molecular flexibility index (Phi) is 13.8. The number of aliphatic hydroxyl groups excluding tert-OH is 2. The maximum absolute atomic E-state index is 11.8. The molecule has 1 amide bonds. The van der Waals surface area contributed by atoms with E-state index < -0.39 is 18.2 Å². The van der Waals surface area contributed by atoms with Gasteiger partial charge in [0.1, 0.15) is 36.9 Å². The van der Waals surface area contributed by atoms with Gasteiger partial charge in [-0.25, -0.2) is 0 Å². The quantitative estimate of drug-likeness (QED) is 0.225. The average molecular weight is 545 g/mol. The summed E-state index contributed by atoms with van der Waals surface area (Å²) in [6.07, 6.45) is 0.0973. The predicted octanol–water partition coefficient (Wildman–Crippen LogP) is 3.05. The number of benzene rings is 2. The molecule has 216 valence electrons. The highest BCUT2D eigenvalue weighted by Crippen LogP contribution is 2.16. The van der Waals surface area contributed by atoms with Gasteiger partial charge in [-0.2, -0.15) is 0 Å². The predicted molar refractivity (Wildman–Crippen MR) is 150 cm³/mol. The largest absolute Gasteiger partial charge is 0.491 e. The van der Waals surface area contributed by atoms with Crippen LogP contribution in [0.5, 0.6) is 11.5 Å². The number of aliphatic hydroxyl groups is 2. The van der Waals surface area contributed by atoms with E-state index in [1.54, 1.807) is 12.1 Å². The van der Waals surface area contributed by atoms with E-state index >= 15 is 0 Å². The van der Waals surface area contributed by atoms with Crippen molar-refractivity contribution in [3.8, 4) is 11.5 Å². The summed E-state index contributed by atoms with van der Waals surface area (Å²) < 4.78 is 11.4. The summed E-state index contributed by atoms with van der Waals surface area (Å²) in [5.41, 5.74) is 1.95. The van der Waals surface area contributed by atoms with Crippen LogP contribution in [0.15, 0.2) is 48.5 Å². The van der Waals surface area contributed by atoms with Gasteiger partial charge in [-0.15, -0.1) is 0 Å². The molecule has 0 fully saturated rings. The smallest absolute Gasteiger partial charge is 0.303 e. The summed E-state index contributed by atoms with van der Waals surface area (Å²) in [5.74, 6) is 0.438. The first-order valence-corrected chi connectivity index (χ1v) is 13.6. The first-order chi connectivity index (χ1) is 18.5. The van der Waals surface area contributed by atoms with Crippen LogP contribution in [0.25, 0.3) is 0 Å². The number of amides is 1. The molecule has 2 atom stereocenters. The van der Waals surface area contributed by atoms with Crippen molar-refractivity contribution in [2.24, 2.45) is 0 Å². The van der Waals surface area contributed by atoms with Crippen LogP contribution in [0.1, 0.15) is 51.7 Å². The van der Waals surface area contributed by atoms with Gasteiger partial charge in [-0.3, -0.25) is 14.5 Å². The molecule has 0 bridgehead atoms. The molecule has 9 heteroatoms. The molecule has 0 aromatic heterocycles. The minimum Gasteiger partial charge on any atom is -0.491 e. The van der Waals surface area contributed by atoms with Crippen LogP contribution in [0, 0.1) is 0 Å². The average Bonchev–Trinajstić information content (AvgIpc) is 2.88. The minimum atomic E-state index is -0.834. The fourth-order valence-corrected chi connectivity index (χ4v) is 3.94. The number of carboxylic acids is 1. The number of carbonyl (C=O) groups excluding carboxylic acids is 1. The summed E-state index contributed by atoms with van der Waals surface area (Å²) in [5, 5.41) is 32.8. The minimum absolute atomic E-state index is 0.0310. The molecule has 0 saturated heterocycles. The first kappa shape index (κ1) is 32.1. The summed E-state index contributed by atoms with van der Waals surface area (Å²) in [6, 6.07) is 14.9. The molecule has 2 unspecified atom stereocenters. The van der Waals surface area contributed by atoms with Crippen molar-refractivity contribution >= 4 is 11.9 Å². The zero-order valence-electron chi connectivity index (χ0n) is 23.5. The molecule has 2 aromatic carbocycles. The number of carbonyl (C=O) groups is 2. The van der Waals surface area contributed by atoms with Crippen LogP contribution >= 0.6 is 0 Å². The standard InChI is InChI=1S/C30H44N2O7/c1-21(2)31-29(35)15-9-23-5-11-27(12-6-23)38-19-25(33)17-32(22(3)4)18-26(34)20-39-28-13-7-24(8-14-28)10-16-30(36)37/h5-8,11-14,21-22,25-26,33-34H,9-10,15-20H2,1-4H3,(H,31,35)(H,36,37). The van der Waals surface area contributed by atoms with Crippen LogP contribution in [0.3, 0.4) is 0 Å². The van der Waals surface area contributed by atoms with Gasteiger partial charge in [0.15, 0.2) is 0 Å². The van der Waals surface area contributed by atoms with Crippen molar-refractivity contribution in [1.29, 1.82) is 0 Å². The SMILES string of the molecule is CC(C)NC(=O)CCc1ccc(OCC(O)CN(CC(O)COc2ccc(CCC(=O)O)cc2)C(C)C)cc1. The summed E-state index contributed by atoms with van der Waals surface area (Å²) >= 11 is 0. The van der Waals surface area contributed by atoms with Gasteiger partial charge < -0.3 is 30.1 Å². The molecule has 0 aliphatic carbocycles. The van der Waals surface area contributed by atoms with Crippen LogP contribution < -0.4 is 14.8 Å². The first-order valence-electron chi connectivity index (χ1n) is 13.6. The van der Waals surface area contributed by atoms with E-state index in [0.29, 0.717) is 43.9 Å². The second kappa shape index (κ2) is 16.7. The van der Waals surface area contributed by atoms with Gasteiger partial charge in [0.25, 0.3) is 0 Å². The molecule has 0 aliphatic heterocycles. The highest BCUT2D eigenvalue weighted by atomic mass is 16.5. The molecule has 0 aliphatic rings. The molecule has 0 radical (unpaired) electrons. The summed E-state index contributed by atoms with van der Waals surface area (Å²) in [7, 11) is 0. The molecule has 0 heterocycles. The number of nitrogens with one attached hydrogen (secondary N) is 1. The number of ether oxygens (including phenoxy) is 2. The molecule has 39 heavy (non-hydrogen) atoms. The normalized spacial score (nSPS) is 12.9. The molecule has 2 rings (SSSR count). The zero-order valence-corrected chi connectivity index (χ0v) is 23.5. The zero-order chi connectivity index (χ0) is 28.8. The van der Waals surface area contributed by atoms with Crippen LogP contribution in [0.4, 0.5) is 0 Å². The maximum Gasteiger partial charge on any atom is 0.303 e. The number of carboxylic acid groups (broad SMARTS) is 1. The van der Waals surface area contributed by atoms with Crippen molar-refractivity contribution in [3.63, 3.8) is 0 Å². The second-order valence-corrected chi connectivity index (χ2v) is 10.4. The van der Waals surface area contributed by atoms with Gasteiger partial charge >= 0.3 is 5.97 Å². The second-order valence-electron chi connectivity index (χ2n) is 10.4. The van der Waals surface area contributed by atoms with Crippen LogP contribution in [-0.4, -0.2) is 82.7 Å². The number of aliphatic carboxylic acids is 1. The third-order valence-corrected chi connectivity index (χ3v) is 6.07. The lowest BCUT2D eigenvalue weighted by atomic mass is 10.1. The van der Waals surface area contributed by atoms with E-state index in [0.717, 1.165) is 11.1 Å². The van der Waals surface area contributed by atoms with Crippen molar-refractivity contribution in [3.05, 3.63) is 59.7 Å². The Morgan fingerprint density at radius 3 is 1.59 bits per heavy atom. The van der Waals surface area contributed by atoms with Crippen molar-refractivity contribution in [1.82, 2.24) is 10.2 Å². The maximum atomic E-state index is 11.8. The van der Waals surface area contributed by atoms with E-state index in [9.17, 15) is 19.8 Å². The Bertz CT molecular complexity index is 993.